The van der Waals surface area contributed by atoms with E-state index < -0.39 is 0 Å². The van der Waals surface area contributed by atoms with Crippen LogP contribution in [0.5, 0.6) is 0 Å². The number of carbonyl (C=O) groups excluding carboxylic acids is 1. The number of rotatable bonds is 7. The molecule has 112 valence electrons. The maximum Gasteiger partial charge on any atom is 0.236 e. The van der Waals surface area contributed by atoms with Gasteiger partial charge in [0.05, 0.1) is 6.54 Å². The second-order valence-electron chi connectivity index (χ2n) is 5.13. The first-order valence-electron chi connectivity index (χ1n) is 6.87. The Morgan fingerprint density at radius 2 is 2.05 bits per heavy atom. The molecular formula is C15H24FN3O. The summed E-state index contributed by atoms with van der Waals surface area (Å²) in [7, 11) is 3.45. The Kier molecular flexibility index (Phi) is 6.61. The molecule has 1 aromatic rings. The Labute approximate surface area is 120 Å². The average Bonchev–Trinajstić information content (AvgIpc) is 2.41. The second-order valence-corrected chi connectivity index (χ2v) is 5.13. The third-order valence-electron chi connectivity index (χ3n) is 3.14. The van der Waals surface area contributed by atoms with Crippen molar-refractivity contribution in [3.05, 3.63) is 35.1 Å². The van der Waals surface area contributed by atoms with Gasteiger partial charge in [-0.25, -0.2) is 4.39 Å². The molecule has 0 bridgehead atoms. The van der Waals surface area contributed by atoms with Gasteiger partial charge in [0, 0.05) is 32.7 Å². The van der Waals surface area contributed by atoms with Gasteiger partial charge in [0.25, 0.3) is 0 Å². The van der Waals surface area contributed by atoms with E-state index in [1.54, 1.807) is 25.1 Å². The molecular weight excluding hydrogens is 257 g/mol. The van der Waals surface area contributed by atoms with Crippen molar-refractivity contribution in [2.24, 2.45) is 5.73 Å². The largest absolute Gasteiger partial charge is 0.348 e. The summed E-state index contributed by atoms with van der Waals surface area (Å²) in [5.74, 6) is -0.233. The molecule has 0 aliphatic carbocycles. The van der Waals surface area contributed by atoms with Crippen molar-refractivity contribution < 1.29 is 9.18 Å². The Hall–Kier alpha value is -1.46. The first-order valence-corrected chi connectivity index (χ1v) is 6.87. The van der Waals surface area contributed by atoms with Gasteiger partial charge < -0.3 is 10.6 Å². The van der Waals surface area contributed by atoms with Crippen LogP contribution in [0.2, 0.25) is 0 Å². The molecule has 0 aromatic heterocycles. The topological polar surface area (TPSA) is 49.6 Å². The number of hydrogen-bond acceptors (Lipinski definition) is 3. The molecule has 4 nitrogen and oxygen atoms in total. The highest BCUT2D eigenvalue weighted by Crippen LogP contribution is 2.13. The highest BCUT2D eigenvalue weighted by Gasteiger charge is 2.14. The van der Waals surface area contributed by atoms with Crippen LogP contribution in [0, 0.1) is 5.82 Å². The summed E-state index contributed by atoms with van der Waals surface area (Å²) >= 11 is 0. The molecule has 20 heavy (non-hydrogen) atoms. The molecule has 5 heteroatoms. The third-order valence-corrected chi connectivity index (χ3v) is 3.14. The van der Waals surface area contributed by atoms with Gasteiger partial charge in [0.2, 0.25) is 5.91 Å². The van der Waals surface area contributed by atoms with E-state index in [9.17, 15) is 9.18 Å². The standard InChI is InChI=1S/C15H24FN3O/c1-4-7-19(11-15(20)18(2)3)10-13-6-5-12(9-17)8-14(13)16/h5-6,8H,4,7,9-11,17H2,1-3H3. The van der Waals surface area contributed by atoms with E-state index in [0.29, 0.717) is 25.2 Å². The number of hydrogen-bond donors (Lipinski definition) is 1. The Morgan fingerprint density at radius 3 is 2.55 bits per heavy atom. The first-order chi connectivity index (χ1) is 9.47. The first kappa shape index (κ1) is 16.6. The lowest BCUT2D eigenvalue weighted by molar-refractivity contribution is -0.130. The highest BCUT2D eigenvalue weighted by molar-refractivity contribution is 5.77. The molecule has 1 aromatic carbocycles. The number of benzene rings is 1. The summed E-state index contributed by atoms with van der Waals surface area (Å²) in [6.07, 6.45) is 0.920. The number of halogens is 1. The van der Waals surface area contributed by atoms with E-state index in [4.69, 9.17) is 5.73 Å². The lowest BCUT2D eigenvalue weighted by atomic mass is 10.1. The number of amides is 1. The van der Waals surface area contributed by atoms with Gasteiger partial charge in [-0.15, -0.1) is 0 Å². The number of carbonyl (C=O) groups is 1. The van der Waals surface area contributed by atoms with Crippen LogP contribution in [0.1, 0.15) is 24.5 Å². The van der Waals surface area contributed by atoms with Gasteiger partial charge in [-0.3, -0.25) is 9.69 Å². The maximum atomic E-state index is 14.0. The third kappa shape index (κ3) is 4.90. The van der Waals surface area contributed by atoms with Gasteiger partial charge in [-0.1, -0.05) is 19.1 Å². The van der Waals surface area contributed by atoms with Crippen LogP contribution in [-0.2, 0) is 17.9 Å². The fourth-order valence-electron chi connectivity index (χ4n) is 1.95. The van der Waals surface area contributed by atoms with Gasteiger partial charge in [-0.2, -0.15) is 0 Å². The average molecular weight is 281 g/mol. The molecule has 0 aliphatic heterocycles. The monoisotopic (exact) mass is 281 g/mol. The zero-order chi connectivity index (χ0) is 15.1. The molecule has 0 saturated heterocycles. The second kappa shape index (κ2) is 7.97. The fourth-order valence-corrected chi connectivity index (χ4v) is 1.95. The van der Waals surface area contributed by atoms with E-state index in [-0.39, 0.29) is 11.7 Å². The molecule has 0 heterocycles. The zero-order valence-electron chi connectivity index (χ0n) is 12.5. The Bertz CT molecular complexity index is 449. The van der Waals surface area contributed by atoms with Crippen LogP contribution in [-0.4, -0.2) is 42.9 Å². The van der Waals surface area contributed by atoms with Crippen molar-refractivity contribution >= 4 is 5.91 Å². The molecule has 0 radical (unpaired) electrons. The van der Waals surface area contributed by atoms with Crippen molar-refractivity contribution in [1.82, 2.24) is 9.80 Å². The molecule has 0 fully saturated rings. The molecule has 1 rings (SSSR count). The maximum absolute atomic E-state index is 14.0. The molecule has 0 spiro atoms. The van der Waals surface area contributed by atoms with Crippen LogP contribution in [0.25, 0.3) is 0 Å². The predicted octanol–water partition coefficient (Wildman–Crippen LogP) is 1.58. The smallest absolute Gasteiger partial charge is 0.236 e. The SMILES string of the molecule is CCCN(CC(=O)N(C)C)Cc1ccc(CN)cc1F. The number of nitrogens with two attached hydrogens (primary N) is 1. The lowest BCUT2D eigenvalue weighted by Crippen LogP contribution is -2.36. The Morgan fingerprint density at radius 1 is 1.35 bits per heavy atom. The summed E-state index contributed by atoms with van der Waals surface area (Å²) in [6.45, 7) is 3.87. The zero-order valence-corrected chi connectivity index (χ0v) is 12.5. The summed E-state index contributed by atoms with van der Waals surface area (Å²) < 4.78 is 14.0. The van der Waals surface area contributed by atoms with Crippen LogP contribution in [0.4, 0.5) is 4.39 Å². The summed E-state index contributed by atoms with van der Waals surface area (Å²) in [5.41, 5.74) is 6.86. The number of likely N-dealkylation sites (N-methyl/N-ethyl adjacent to an activating group) is 1. The van der Waals surface area contributed by atoms with Crippen molar-refractivity contribution in [3.8, 4) is 0 Å². The minimum atomic E-state index is -0.258. The van der Waals surface area contributed by atoms with E-state index in [0.717, 1.165) is 18.5 Å². The van der Waals surface area contributed by atoms with Crippen LogP contribution in [0.3, 0.4) is 0 Å². The van der Waals surface area contributed by atoms with Crippen LogP contribution >= 0.6 is 0 Å². The normalized spacial score (nSPS) is 10.9. The van der Waals surface area contributed by atoms with Crippen LogP contribution in [0.15, 0.2) is 18.2 Å². The summed E-state index contributed by atoms with van der Waals surface area (Å²) in [5, 5.41) is 0. The molecule has 0 unspecified atom stereocenters. The lowest BCUT2D eigenvalue weighted by Gasteiger charge is -2.23. The fraction of sp³-hybridized carbons (Fsp3) is 0.533. The molecule has 2 N–H and O–H groups in total. The minimum Gasteiger partial charge on any atom is -0.348 e. The van der Waals surface area contributed by atoms with Gasteiger partial charge in [0.1, 0.15) is 5.82 Å². The van der Waals surface area contributed by atoms with Crippen LogP contribution < -0.4 is 5.73 Å². The van der Waals surface area contributed by atoms with Gasteiger partial charge >= 0.3 is 0 Å². The molecule has 0 saturated carbocycles. The quantitative estimate of drug-likeness (QED) is 0.825. The van der Waals surface area contributed by atoms with E-state index >= 15 is 0 Å². The van der Waals surface area contributed by atoms with Crippen molar-refractivity contribution in [1.29, 1.82) is 0 Å². The predicted molar refractivity (Wildman–Crippen MR) is 78.6 cm³/mol. The van der Waals surface area contributed by atoms with Gasteiger partial charge in [-0.05, 0) is 24.6 Å². The highest BCUT2D eigenvalue weighted by atomic mass is 19.1. The number of nitrogens with zero attached hydrogens (tertiary/aromatic N) is 2. The minimum absolute atomic E-state index is 0.0254. The van der Waals surface area contributed by atoms with Crippen molar-refractivity contribution in [2.75, 3.05) is 27.2 Å². The van der Waals surface area contributed by atoms with Crippen molar-refractivity contribution in [3.63, 3.8) is 0 Å². The summed E-state index contributed by atoms with van der Waals surface area (Å²) in [6, 6.07) is 5.05. The van der Waals surface area contributed by atoms with E-state index in [1.165, 1.54) is 6.07 Å². The molecule has 0 aliphatic rings. The van der Waals surface area contributed by atoms with E-state index in [2.05, 4.69) is 0 Å². The summed E-state index contributed by atoms with van der Waals surface area (Å²) in [4.78, 5) is 15.3. The van der Waals surface area contributed by atoms with Crippen molar-refractivity contribution in [2.45, 2.75) is 26.4 Å². The van der Waals surface area contributed by atoms with Gasteiger partial charge in [0.15, 0.2) is 0 Å². The van der Waals surface area contributed by atoms with E-state index in [1.807, 2.05) is 17.9 Å². The molecule has 1 amide bonds. The molecule has 0 atom stereocenters. The Balaban J connectivity index is 2.77.